The molecule has 1 aliphatic carbocycles. The zero-order chi connectivity index (χ0) is 12.7. The number of carboxylic acids is 1. The Labute approximate surface area is 101 Å². The fraction of sp³-hybridized carbons (Fsp3) is 0.692. The van der Waals surface area contributed by atoms with Crippen molar-refractivity contribution in [1.82, 2.24) is 0 Å². The molecule has 4 heteroatoms. The Morgan fingerprint density at radius 3 is 2.29 bits per heavy atom. The summed E-state index contributed by atoms with van der Waals surface area (Å²) in [6.07, 6.45) is 6.93. The number of aliphatic hydroxyl groups excluding tert-OH is 1. The van der Waals surface area contributed by atoms with E-state index in [9.17, 15) is 14.7 Å². The number of unbranched alkanes of at least 4 members (excludes halogenated alkanes) is 4. The minimum Gasteiger partial charge on any atom is -0.504 e. The summed E-state index contributed by atoms with van der Waals surface area (Å²) in [6.45, 7) is 0. The van der Waals surface area contributed by atoms with Gasteiger partial charge in [0.15, 0.2) is 11.5 Å². The van der Waals surface area contributed by atoms with E-state index in [1.807, 2.05) is 0 Å². The predicted octanol–water partition coefficient (Wildman–Crippen LogP) is 2.98. The van der Waals surface area contributed by atoms with Gasteiger partial charge in [0.05, 0.1) is 0 Å². The van der Waals surface area contributed by atoms with Crippen molar-refractivity contribution in [2.24, 2.45) is 0 Å². The molecule has 2 N–H and O–H groups in total. The van der Waals surface area contributed by atoms with Crippen LogP contribution in [-0.2, 0) is 9.59 Å². The Balaban J connectivity index is 2.01. The van der Waals surface area contributed by atoms with E-state index in [-0.39, 0.29) is 18.0 Å². The summed E-state index contributed by atoms with van der Waals surface area (Å²) in [4.78, 5) is 21.3. The third-order valence-electron chi connectivity index (χ3n) is 3.12. The maximum Gasteiger partial charge on any atom is 0.303 e. The topological polar surface area (TPSA) is 74.6 Å². The number of carbonyl (C=O) groups excluding carboxylic acids is 1. The second-order valence-electron chi connectivity index (χ2n) is 4.54. The van der Waals surface area contributed by atoms with E-state index >= 15 is 0 Å². The first-order valence-electron chi connectivity index (χ1n) is 6.27. The van der Waals surface area contributed by atoms with Crippen molar-refractivity contribution in [2.45, 2.75) is 57.8 Å². The largest absolute Gasteiger partial charge is 0.504 e. The van der Waals surface area contributed by atoms with Crippen LogP contribution in [0.3, 0.4) is 0 Å². The van der Waals surface area contributed by atoms with Crippen molar-refractivity contribution in [3.63, 3.8) is 0 Å². The van der Waals surface area contributed by atoms with Gasteiger partial charge in [-0.2, -0.15) is 0 Å². The highest BCUT2D eigenvalue weighted by Crippen LogP contribution is 2.25. The maximum atomic E-state index is 11.1. The average molecular weight is 240 g/mol. The van der Waals surface area contributed by atoms with Gasteiger partial charge >= 0.3 is 5.97 Å². The second kappa shape index (κ2) is 7.09. The van der Waals surface area contributed by atoms with Gasteiger partial charge in [-0.05, 0) is 31.3 Å². The molecule has 17 heavy (non-hydrogen) atoms. The van der Waals surface area contributed by atoms with Gasteiger partial charge in [0, 0.05) is 12.8 Å². The zero-order valence-electron chi connectivity index (χ0n) is 10.1. The predicted molar refractivity (Wildman–Crippen MR) is 63.9 cm³/mol. The lowest BCUT2D eigenvalue weighted by atomic mass is 10.0. The molecule has 96 valence electrons. The minimum absolute atomic E-state index is 0.00382. The summed E-state index contributed by atoms with van der Waals surface area (Å²) in [5, 5.41) is 17.9. The van der Waals surface area contributed by atoms with Crippen LogP contribution < -0.4 is 0 Å². The highest BCUT2D eigenvalue weighted by molar-refractivity contribution is 5.96. The first kappa shape index (κ1) is 13.7. The van der Waals surface area contributed by atoms with Gasteiger partial charge < -0.3 is 10.2 Å². The summed E-state index contributed by atoms with van der Waals surface area (Å²) in [5.74, 6) is -0.859. The summed E-state index contributed by atoms with van der Waals surface area (Å²) >= 11 is 0. The van der Waals surface area contributed by atoms with E-state index < -0.39 is 5.97 Å². The van der Waals surface area contributed by atoms with E-state index in [0.717, 1.165) is 44.1 Å². The first-order chi connectivity index (χ1) is 8.11. The molecule has 1 aliphatic rings. The summed E-state index contributed by atoms with van der Waals surface area (Å²) in [5.41, 5.74) is 0.903. The number of ketones is 1. The van der Waals surface area contributed by atoms with Gasteiger partial charge in [-0.3, -0.25) is 9.59 Å². The molecular weight excluding hydrogens is 220 g/mol. The van der Waals surface area contributed by atoms with Gasteiger partial charge in [0.1, 0.15) is 0 Å². The Kier molecular flexibility index (Phi) is 5.73. The van der Waals surface area contributed by atoms with Crippen molar-refractivity contribution in [3.8, 4) is 0 Å². The van der Waals surface area contributed by atoms with E-state index in [0.29, 0.717) is 12.8 Å². The fourth-order valence-electron chi connectivity index (χ4n) is 2.09. The molecule has 1 rings (SSSR count). The van der Waals surface area contributed by atoms with E-state index in [1.54, 1.807) is 0 Å². The third kappa shape index (κ3) is 5.02. The quantitative estimate of drug-likeness (QED) is 0.639. The van der Waals surface area contributed by atoms with E-state index in [1.165, 1.54) is 0 Å². The van der Waals surface area contributed by atoms with Crippen molar-refractivity contribution >= 4 is 11.8 Å². The number of Topliss-reactive ketones (excluding diaryl/α,β-unsaturated/α-hetero) is 1. The second-order valence-corrected chi connectivity index (χ2v) is 4.54. The molecule has 0 spiro atoms. The van der Waals surface area contributed by atoms with E-state index in [2.05, 4.69) is 0 Å². The summed E-state index contributed by atoms with van der Waals surface area (Å²) in [7, 11) is 0. The molecule has 0 saturated carbocycles. The number of allylic oxidation sites excluding steroid dienone is 2. The molecule has 0 unspecified atom stereocenters. The first-order valence-corrected chi connectivity index (χ1v) is 6.27. The van der Waals surface area contributed by atoms with Crippen molar-refractivity contribution in [3.05, 3.63) is 11.3 Å². The minimum atomic E-state index is -0.732. The number of aliphatic carboxylic acids is 1. The SMILES string of the molecule is O=C(O)CCCCCCCC1=C(O)C(=O)CC1. The lowest BCUT2D eigenvalue weighted by Crippen LogP contribution is -1.94. The molecule has 0 amide bonds. The van der Waals surface area contributed by atoms with Crippen molar-refractivity contribution in [2.75, 3.05) is 0 Å². The molecule has 0 aliphatic heterocycles. The Bertz CT molecular complexity index is 317. The maximum absolute atomic E-state index is 11.1. The number of carbonyl (C=O) groups is 2. The van der Waals surface area contributed by atoms with Gasteiger partial charge in [-0.15, -0.1) is 0 Å². The Hall–Kier alpha value is -1.32. The van der Waals surface area contributed by atoms with Gasteiger partial charge in [0.25, 0.3) is 0 Å². The molecule has 0 saturated heterocycles. The fourth-order valence-corrected chi connectivity index (χ4v) is 2.09. The Morgan fingerprint density at radius 2 is 1.71 bits per heavy atom. The number of rotatable bonds is 8. The van der Waals surface area contributed by atoms with Crippen LogP contribution in [0.2, 0.25) is 0 Å². The normalized spacial score (nSPS) is 15.6. The molecule has 4 nitrogen and oxygen atoms in total. The van der Waals surface area contributed by atoms with E-state index in [4.69, 9.17) is 5.11 Å². The molecule has 0 aromatic heterocycles. The van der Waals surface area contributed by atoms with Crippen molar-refractivity contribution < 1.29 is 19.8 Å². The van der Waals surface area contributed by atoms with Gasteiger partial charge in [0.2, 0.25) is 0 Å². The number of carboxylic acid groups (broad SMARTS) is 1. The van der Waals surface area contributed by atoms with Crippen LogP contribution in [0.25, 0.3) is 0 Å². The van der Waals surface area contributed by atoms with Gasteiger partial charge in [-0.25, -0.2) is 0 Å². The van der Waals surface area contributed by atoms with Gasteiger partial charge in [-0.1, -0.05) is 19.3 Å². The molecule has 0 aromatic rings. The van der Waals surface area contributed by atoms with Crippen LogP contribution in [0.1, 0.15) is 57.8 Å². The number of aliphatic hydroxyl groups is 1. The third-order valence-corrected chi connectivity index (χ3v) is 3.12. The van der Waals surface area contributed by atoms with Crippen LogP contribution in [0.5, 0.6) is 0 Å². The average Bonchev–Trinajstić information content (AvgIpc) is 2.59. The highest BCUT2D eigenvalue weighted by Gasteiger charge is 2.21. The molecule has 0 heterocycles. The van der Waals surface area contributed by atoms with Crippen LogP contribution >= 0.6 is 0 Å². The zero-order valence-corrected chi connectivity index (χ0v) is 10.1. The molecule has 0 aromatic carbocycles. The lowest BCUT2D eigenvalue weighted by Gasteiger charge is -2.02. The van der Waals surface area contributed by atoms with Crippen molar-refractivity contribution in [1.29, 1.82) is 0 Å². The van der Waals surface area contributed by atoms with Crippen LogP contribution in [0.4, 0.5) is 0 Å². The summed E-state index contributed by atoms with van der Waals surface area (Å²) < 4.78 is 0. The summed E-state index contributed by atoms with van der Waals surface area (Å²) in [6, 6.07) is 0. The molecular formula is C13H20O4. The molecule has 0 atom stereocenters. The molecule has 0 bridgehead atoms. The molecule has 0 radical (unpaired) electrons. The van der Waals surface area contributed by atoms with Crippen LogP contribution in [0, 0.1) is 0 Å². The number of hydrogen-bond donors (Lipinski definition) is 2. The standard InChI is InChI=1S/C13H20O4/c14-11-9-8-10(13(11)17)6-4-2-1-3-5-7-12(15)16/h17H,1-9H2,(H,15,16). The lowest BCUT2D eigenvalue weighted by molar-refractivity contribution is -0.137. The van der Waals surface area contributed by atoms with Crippen LogP contribution in [-0.4, -0.2) is 22.0 Å². The smallest absolute Gasteiger partial charge is 0.303 e. The monoisotopic (exact) mass is 240 g/mol. The molecule has 0 fully saturated rings. The van der Waals surface area contributed by atoms with Crippen LogP contribution in [0.15, 0.2) is 11.3 Å². The Morgan fingerprint density at radius 1 is 1.06 bits per heavy atom. The highest BCUT2D eigenvalue weighted by atomic mass is 16.4. The number of hydrogen-bond acceptors (Lipinski definition) is 3.